The second kappa shape index (κ2) is 6.79. The van der Waals surface area contributed by atoms with Crippen LogP contribution in [-0.2, 0) is 15.9 Å². The summed E-state index contributed by atoms with van der Waals surface area (Å²) in [5, 5.41) is 0.818. The van der Waals surface area contributed by atoms with Crippen LogP contribution in [0.5, 0.6) is 5.75 Å². The van der Waals surface area contributed by atoms with Crippen LogP contribution in [0.25, 0.3) is 0 Å². The fraction of sp³-hybridized carbons (Fsp3) is 0.0588. The van der Waals surface area contributed by atoms with E-state index in [-0.39, 0.29) is 6.61 Å². The van der Waals surface area contributed by atoms with Gasteiger partial charge in [-0.05, 0) is 30.3 Å². The van der Waals surface area contributed by atoms with Crippen molar-refractivity contribution in [2.75, 3.05) is 0 Å². The van der Waals surface area contributed by atoms with Gasteiger partial charge in [0, 0.05) is 15.6 Å². The van der Waals surface area contributed by atoms with Crippen molar-refractivity contribution in [2.45, 2.75) is 6.61 Å². The van der Waals surface area contributed by atoms with Crippen LogP contribution in [0.4, 0.5) is 4.39 Å². The quantitative estimate of drug-likeness (QED) is 0.748. The summed E-state index contributed by atoms with van der Waals surface area (Å²) >= 11 is 11.8. The number of halogens is 3. The summed E-state index contributed by atoms with van der Waals surface area (Å²) in [6, 6.07) is 9.40. The molecule has 1 aliphatic heterocycles. The van der Waals surface area contributed by atoms with Gasteiger partial charge >= 0.3 is 7.12 Å². The highest BCUT2D eigenvalue weighted by atomic mass is 35.5. The van der Waals surface area contributed by atoms with E-state index in [4.69, 9.17) is 37.2 Å². The molecule has 3 nitrogen and oxygen atoms in total. The third kappa shape index (κ3) is 3.52. The van der Waals surface area contributed by atoms with Gasteiger partial charge < -0.3 is 14.0 Å². The fourth-order valence-electron chi connectivity index (χ4n) is 2.17. The molecule has 0 saturated carbocycles. The predicted octanol–water partition coefficient (Wildman–Crippen LogP) is 4.48. The molecule has 122 valence electrons. The molecule has 3 rings (SSSR count). The second-order valence-corrected chi connectivity index (χ2v) is 5.99. The molecule has 1 heterocycles. The van der Waals surface area contributed by atoms with Crippen molar-refractivity contribution < 1.29 is 18.4 Å². The molecule has 0 unspecified atom stereocenters. The molecule has 1 aliphatic rings. The van der Waals surface area contributed by atoms with Crippen molar-refractivity contribution >= 4 is 35.8 Å². The lowest BCUT2D eigenvalue weighted by Crippen LogP contribution is -2.32. The van der Waals surface area contributed by atoms with Crippen LogP contribution in [0.3, 0.4) is 0 Å². The Labute approximate surface area is 149 Å². The standard InChI is InChI=1S/C17H12BCl2FO3/c1-10-11(2)24-18(23-10)15-7-13(19)5-6-17(15)22-9-12-3-4-14(20)8-16(12)21/h3-8H,1-2,9H2. The summed E-state index contributed by atoms with van der Waals surface area (Å²) in [4.78, 5) is 0. The number of hydrogen-bond acceptors (Lipinski definition) is 3. The van der Waals surface area contributed by atoms with Gasteiger partial charge in [0.2, 0.25) is 0 Å². The maximum atomic E-state index is 13.9. The Hall–Kier alpha value is -2.11. The van der Waals surface area contributed by atoms with E-state index in [9.17, 15) is 4.39 Å². The van der Waals surface area contributed by atoms with Gasteiger partial charge in [-0.2, -0.15) is 0 Å². The molecule has 2 aromatic carbocycles. The lowest BCUT2D eigenvalue weighted by molar-refractivity contribution is 0.300. The van der Waals surface area contributed by atoms with Crippen LogP contribution in [-0.4, -0.2) is 7.12 Å². The smallest absolute Gasteiger partial charge is 0.520 e. The van der Waals surface area contributed by atoms with E-state index in [1.165, 1.54) is 6.07 Å². The maximum Gasteiger partial charge on any atom is 0.636 e. The molecular formula is C17H12BCl2FO3. The Bertz CT molecular complexity index is 809. The molecule has 1 fully saturated rings. The van der Waals surface area contributed by atoms with Crippen LogP contribution in [0.15, 0.2) is 61.1 Å². The lowest BCUT2D eigenvalue weighted by atomic mass is 9.78. The summed E-state index contributed by atoms with van der Waals surface area (Å²) in [5.74, 6) is 0.707. The summed E-state index contributed by atoms with van der Waals surface area (Å²) < 4.78 is 30.6. The van der Waals surface area contributed by atoms with Gasteiger partial charge in [0.25, 0.3) is 0 Å². The molecule has 2 aromatic rings. The van der Waals surface area contributed by atoms with Crippen LogP contribution < -0.4 is 10.2 Å². The molecule has 7 heteroatoms. The van der Waals surface area contributed by atoms with Gasteiger partial charge in [0.05, 0.1) is 5.46 Å². The van der Waals surface area contributed by atoms with Gasteiger partial charge in [-0.25, -0.2) is 4.39 Å². The molecule has 1 saturated heterocycles. The minimum Gasteiger partial charge on any atom is -0.520 e. The van der Waals surface area contributed by atoms with Gasteiger partial charge in [0.15, 0.2) is 0 Å². The molecule has 24 heavy (non-hydrogen) atoms. The molecular weight excluding hydrogens is 353 g/mol. The Morgan fingerprint density at radius 2 is 1.62 bits per heavy atom. The Kier molecular flexibility index (Phi) is 4.74. The highest BCUT2D eigenvalue weighted by Crippen LogP contribution is 2.25. The minimum atomic E-state index is -0.756. The topological polar surface area (TPSA) is 27.7 Å². The van der Waals surface area contributed by atoms with Crippen molar-refractivity contribution in [1.29, 1.82) is 0 Å². The van der Waals surface area contributed by atoms with Crippen molar-refractivity contribution in [3.8, 4) is 5.75 Å². The average Bonchev–Trinajstić information content (AvgIpc) is 2.87. The molecule has 0 aromatic heterocycles. The highest BCUT2D eigenvalue weighted by molar-refractivity contribution is 6.64. The first kappa shape index (κ1) is 16.7. The maximum absolute atomic E-state index is 13.9. The number of rotatable bonds is 4. The molecule has 0 N–H and O–H groups in total. The van der Waals surface area contributed by atoms with E-state index in [1.54, 1.807) is 30.3 Å². The third-order valence-electron chi connectivity index (χ3n) is 3.43. The minimum absolute atomic E-state index is 0.0201. The molecule has 0 bridgehead atoms. The number of ether oxygens (including phenoxy) is 1. The zero-order chi connectivity index (χ0) is 17.3. The normalized spacial score (nSPS) is 13.7. The zero-order valence-corrected chi connectivity index (χ0v) is 14.0. The Morgan fingerprint density at radius 1 is 1.00 bits per heavy atom. The first-order valence-electron chi connectivity index (χ1n) is 7.01. The van der Waals surface area contributed by atoms with Crippen molar-refractivity contribution in [2.24, 2.45) is 0 Å². The monoisotopic (exact) mass is 364 g/mol. The van der Waals surface area contributed by atoms with Crippen LogP contribution in [0.1, 0.15) is 5.56 Å². The molecule has 0 radical (unpaired) electrons. The van der Waals surface area contributed by atoms with E-state index < -0.39 is 12.9 Å². The van der Waals surface area contributed by atoms with Crippen LogP contribution in [0, 0.1) is 5.82 Å². The third-order valence-corrected chi connectivity index (χ3v) is 3.90. The fourth-order valence-corrected chi connectivity index (χ4v) is 2.51. The molecule has 0 amide bonds. The van der Waals surface area contributed by atoms with E-state index in [0.717, 1.165) is 0 Å². The van der Waals surface area contributed by atoms with E-state index in [2.05, 4.69) is 13.2 Å². The SMILES string of the molecule is C=C1OB(c2cc(Cl)ccc2OCc2ccc(Cl)cc2F)OC1=C. The molecule has 0 atom stereocenters. The highest BCUT2D eigenvalue weighted by Gasteiger charge is 2.37. The Balaban J connectivity index is 1.83. The van der Waals surface area contributed by atoms with E-state index >= 15 is 0 Å². The first-order chi connectivity index (χ1) is 11.4. The summed E-state index contributed by atoms with van der Waals surface area (Å²) in [5.41, 5.74) is 0.944. The first-order valence-corrected chi connectivity index (χ1v) is 7.77. The number of benzene rings is 2. The van der Waals surface area contributed by atoms with Crippen molar-refractivity contribution in [3.05, 3.63) is 82.5 Å². The summed E-state index contributed by atoms with van der Waals surface area (Å²) in [6.45, 7) is 7.41. The second-order valence-electron chi connectivity index (χ2n) is 5.12. The molecule has 0 spiro atoms. The van der Waals surface area contributed by atoms with Crippen molar-refractivity contribution in [1.82, 2.24) is 0 Å². The van der Waals surface area contributed by atoms with Crippen molar-refractivity contribution in [3.63, 3.8) is 0 Å². The molecule has 0 aliphatic carbocycles. The summed E-state index contributed by atoms with van der Waals surface area (Å²) in [6.07, 6.45) is 0. The van der Waals surface area contributed by atoms with Gasteiger partial charge in [-0.3, -0.25) is 0 Å². The van der Waals surface area contributed by atoms with Crippen LogP contribution in [0.2, 0.25) is 10.0 Å². The predicted molar refractivity (Wildman–Crippen MR) is 93.0 cm³/mol. The van der Waals surface area contributed by atoms with E-state index in [1.807, 2.05) is 0 Å². The lowest BCUT2D eigenvalue weighted by Gasteiger charge is -2.13. The van der Waals surface area contributed by atoms with Crippen LogP contribution >= 0.6 is 23.2 Å². The van der Waals surface area contributed by atoms with Gasteiger partial charge in [0.1, 0.15) is 29.7 Å². The average molecular weight is 365 g/mol. The van der Waals surface area contributed by atoms with E-state index in [0.29, 0.717) is 38.3 Å². The Morgan fingerprint density at radius 3 is 2.29 bits per heavy atom. The summed E-state index contributed by atoms with van der Waals surface area (Å²) in [7, 11) is -0.756. The van der Waals surface area contributed by atoms with Gasteiger partial charge in [-0.15, -0.1) is 0 Å². The zero-order valence-electron chi connectivity index (χ0n) is 12.5. The largest absolute Gasteiger partial charge is 0.636 e. The van der Waals surface area contributed by atoms with Gasteiger partial charge in [-0.1, -0.05) is 42.4 Å². The number of hydrogen-bond donors (Lipinski definition) is 0.